The van der Waals surface area contributed by atoms with Crippen molar-refractivity contribution in [2.24, 2.45) is 0 Å². The van der Waals surface area contributed by atoms with Gasteiger partial charge in [-0.05, 0) is 17.7 Å². The van der Waals surface area contributed by atoms with Gasteiger partial charge in [0.15, 0.2) is 0 Å². The van der Waals surface area contributed by atoms with Crippen LogP contribution >= 0.6 is 0 Å². The summed E-state index contributed by atoms with van der Waals surface area (Å²) in [7, 11) is 0. The third-order valence-corrected chi connectivity index (χ3v) is 2.69. The maximum Gasteiger partial charge on any atom is 0.270 e. The summed E-state index contributed by atoms with van der Waals surface area (Å²) in [5.41, 5.74) is 0.691. The first-order chi connectivity index (χ1) is 9.61. The molecule has 0 aliphatic heterocycles. The van der Waals surface area contributed by atoms with E-state index in [2.05, 4.69) is 0 Å². The third kappa shape index (κ3) is 2.87. The van der Waals surface area contributed by atoms with Crippen LogP contribution in [0.25, 0.3) is 11.6 Å². The maximum atomic E-state index is 13.5. The zero-order valence-electron chi connectivity index (χ0n) is 10.3. The summed E-state index contributed by atoms with van der Waals surface area (Å²) >= 11 is 0. The Balaban J connectivity index is 2.49. The summed E-state index contributed by atoms with van der Waals surface area (Å²) in [5.74, 6) is -0.453. The van der Waals surface area contributed by atoms with E-state index in [0.717, 1.165) is 0 Å². The summed E-state index contributed by atoms with van der Waals surface area (Å²) in [5, 5.41) is 19.9. The molecule has 0 saturated heterocycles. The van der Waals surface area contributed by atoms with Gasteiger partial charge in [-0.25, -0.2) is 4.39 Å². The van der Waals surface area contributed by atoms with Crippen LogP contribution in [0.4, 0.5) is 10.1 Å². The minimum absolute atomic E-state index is 0.114. The molecule has 0 atom stereocenters. The number of nitriles is 1. The fraction of sp³-hybridized carbons (Fsp3) is 0. The minimum Gasteiger partial charge on any atom is -0.258 e. The Hall–Kier alpha value is -3.00. The van der Waals surface area contributed by atoms with Crippen LogP contribution in [0.5, 0.6) is 0 Å². The van der Waals surface area contributed by atoms with Crippen LogP contribution in [0, 0.1) is 27.3 Å². The van der Waals surface area contributed by atoms with Crippen molar-refractivity contribution in [1.82, 2.24) is 0 Å². The number of allylic oxidation sites excluding steroid dienone is 1. The topological polar surface area (TPSA) is 66.9 Å². The second-order valence-corrected chi connectivity index (χ2v) is 4.00. The number of nitrogens with zero attached hydrogens (tertiary/aromatic N) is 2. The van der Waals surface area contributed by atoms with E-state index in [1.54, 1.807) is 18.2 Å². The molecule has 98 valence electrons. The number of hydrogen-bond acceptors (Lipinski definition) is 3. The van der Waals surface area contributed by atoms with E-state index < -0.39 is 10.7 Å². The number of nitro groups is 1. The molecule has 0 aliphatic rings. The quantitative estimate of drug-likeness (QED) is 0.368. The molecule has 0 radical (unpaired) electrons. The van der Waals surface area contributed by atoms with Crippen LogP contribution in [0.15, 0.2) is 48.5 Å². The molecule has 0 N–H and O–H groups in total. The highest BCUT2D eigenvalue weighted by Gasteiger charge is 2.09. The summed E-state index contributed by atoms with van der Waals surface area (Å²) < 4.78 is 13.5. The van der Waals surface area contributed by atoms with E-state index >= 15 is 0 Å². The van der Waals surface area contributed by atoms with Gasteiger partial charge in [0.25, 0.3) is 5.69 Å². The predicted octanol–water partition coefficient (Wildman–Crippen LogP) is 3.80. The van der Waals surface area contributed by atoms with E-state index in [-0.39, 0.29) is 16.8 Å². The lowest BCUT2D eigenvalue weighted by Gasteiger charge is -2.01. The van der Waals surface area contributed by atoms with Crippen molar-refractivity contribution in [3.8, 4) is 6.07 Å². The number of halogens is 1. The van der Waals surface area contributed by atoms with Gasteiger partial charge in [0.05, 0.1) is 16.6 Å². The Kier molecular flexibility index (Phi) is 3.87. The van der Waals surface area contributed by atoms with Gasteiger partial charge >= 0.3 is 0 Å². The SMILES string of the molecule is N#C/C(=C/c1ccccc1F)c1cccc([N+](=O)[O-])c1. The Morgan fingerprint density at radius 1 is 1.25 bits per heavy atom. The molecule has 4 nitrogen and oxygen atoms in total. The minimum atomic E-state index is -0.540. The summed E-state index contributed by atoms with van der Waals surface area (Å²) in [4.78, 5) is 10.2. The molecule has 2 aromatic carbocycles. The van der Waals surface area contributed by atoms with Crippen LogP contribution < -0.4 is 0 Å². The standard InChI is InChI=1S/C15H9FN2O2/c16-15-7-2-1-4-12(15)8-13(10-17)11-5-3-6-14(9-11)18(19)20/h1-9H/b13-8-. The van der Waals surface area contributed by atoms with Crippen molar-refractivity contribution in [3.63, 3.8) is 0 Å². The number of hydrogen-bond donors (Lipinski definition) is 0. The molecule has 0 amide bonds. The average molecular weight is 268 g/mol. The lowest BCUT2D eigenvalue weighted by atomic mass is 10.0. The Bertz CT molecular complexity index is 733. The highest BCUT2D eigenvalue weighted by atomic mass is 19.1. The van der Waals surface area contributed by atoms with Crippen LogP contribution in [0.2, 0.25) is 0 Å². The number of nitro benzene ring substituents is 1. The number of benzene rings is 2. The zero-order valence-corrected chi connectivity index (χ0v) is 10.3. The lowest BCUT2D eigenvalue weighted by Crippen LogP contribution is -1.90. The lowest BCUT2D eigenvalue weighted by molar-refractivity contribution is -0.384. The van der Waals surface area contributed by atoms with Gasteiger partial charge in [-0.3, -0.25) is 10.1 Å². The molecule has 0 aromatic heterocycles. The third-order valence-electron chi connectivity index (χ3n) is 2.69. The fourth-order valence-electron chi connectivity index (χ4n) is 1.71. The van der Waals surface area contributed by atoms with Crippen molar-refractivity contribution in [1.29, 1.82) is 5.26 Å². The first-order valence-electron chi connectivity index (χ1n) is 5.73. The van der Waals surface area contributed by atoms with Crippen molar-refractivity contribution in [2.45, 2.75) is 0 Å². The molecule has 5 heteroatoms. The van der Waals surface area contributed by atoms with Crippen LogP contribution in [0.1, 0.15) is 11.1 Å². The molecule has 0 unspecified atom stereocenters. The largest absolute Gasteiger partial charge is 0.270 e. The van der Waals surface area contributed by atoms with Crippen LogP contribution in [-0.4, -0.2) is 4.92 Å². The molecule has 2 aromatic rings. The molecule has 2 rings (SSSR count). The smallest absolute Gasteiger partial charge is 0.258 e. The van der Waals surface area contributed by atoms with Gasteiger partial charge in [-0.2, -0.15) is 5.26 Å². The highest BCUT2D eigenvalue weighted by Crippen LogP contribution is 2.22. The average Bonchev–Trinajstić information content (AvgIpc) is 2.46. The van der Waals surface area contributed by atoms with Crippen molar-refractivity contribution in [2.75, 3.05) is 0 Å². The molecular weight excluding hydrogens is 259 g/mol. The second kappa shape index (κ2) is 5.76. The molecule has 0 bridgehead atoms. The van der Waals surface area contributed by atoms with Gasteiger partial charge < -0.3 is 0 Å². The highest BCUT2D eigenvalue weighted by molar-refractivity contribution is 5.90. The first-order valence-corrected chi connectivity index (χ1v) is 5.73. The molecule has 0 aliphatic carbocycles. The predicted molar refractivity (Wildman–Crippen MR) is 73.0 cm³/mol. The maximum absolute atomic E-state index is 13.5. The van der Waals surface area contributed by atoms with Crippen LogP contribution in [-0.2, 0) is 0 Å². The van der Waals surface area contributed by atoms with E-state index in [0.29, 0.717) is 5.56 Å². The van der Waals surface area contributed by atoms with Gasteiger partial charge in [-0.1, -0.05) is 30.3 Å². The molecule has 0 saturated carbocycles. The van der Waals surface area contributed by atoms with Gasteiger partial charge in [-0.15, -0.1) is 0 Å². The van der Waals surface area contributed by atoms with E-state index in [9.17, 15) is 14.5 Å². The van der Waals surface area contributed by atoms with E-state index in [4.69, 9.17) is 5.26 Å². The van der Waals surface area contributed by atoms with E-state index in [1.165, 1.54) is 36.4 Å². The fourth-order valence-corrected chi connectivity index (χ4v) is 1.71. The summed E-state index contributed by atoms with van der Waals surface area (Å²) in [6, 6.07) is 13.6. The molecule has 0 fully saturated rings. The first kappa shape index (κ1) is 13.4. The molecule has 0 heterocycles. The van der Waals surface area contributed by atoms with Gasteiger partial charge in [0.2, 0.25) is 0 Å². The van der Waals surface area contributed by atoms with Crippen molar-refractivity contribution in [3.05, 3.63) is 75.6 Å². The summed E-state index contributed by atoms with van der Waals surface area (Å²) in [6.45, 7) is 0. The number of rotatable bonds is 3. The van der Waals surface area contributed by atoms with Crippen LogP contribution in [0.3, 0.4) is 0 Å². The van der Waals surface area contributed by atoms with Gasteiger partial charge in [0.1, 0.15) is 5.82 Å². The molecular formula is C15H9FN2O2. The summed E-state index contributed by atoms with van der Waals surface area (Å²) in [6.07, 6.45) is 1.37. The van der Waals surface area contributed by atoms with Crippen molar-refractivity contribution < 1.29 is 9.31 Å². The molecule has 0 spiro atoms. The van der Waals surface area contributed by atoms with E-state index in [1.807, 2.05) is 6.07 Å². The monoisotopic (exact) mass is 268 g/mol. The molecule has 20 heavy (non-hydrogen) atoms. The zero-order chi connectivity index (χ0) is 14.5. The second-order valence-electron chi connectivity index (χ2n) is 4.00. The van der Waals surface area contributed by atoms with Gasteiger partial charge in [0, 0.05) is 17.7 Å². The Morgan fingerprint density at radius 3 is 2.65 bits per heavy atom. The Morgan fingerprint density at radius 2 is 2.00 bits per heavy atom. The van der Waals surface area contributed by atoms with Crippen molar-refractivity contribution >= 4 is 17.3 Å². The normalized spacial score (nSPS) is 10.9. The Labute approximate surface area is 114 Å². The number of non-ortho nitro benzene ring substituents is 1.